The van der Waals surface area contributed by atoms with Crippen LogP contribution in [0.25, 0.3) is 0 Å². The fraction of sp³-hybridized carbons (Fsp3) is 0.111. The number of halogens is 1. The topological polar surface area (TPSA) is 43.1 Å². The maximum atomic E-state index is 10.6. The van der Waals surface area contributed by atoms with E-state index in [-0.39, 0.29) is 10.6 Å². The minimum absolute atomic E-state index is 0.173. The van der Waals surface area contributed by atoms with Crippen LogP contribution in [0.4, 0.5) is 5.69 Å². The minimum Gasteiger partial charge on any atom is -0.258 e. The summed E-state index contributed by atoms with van der Waals surface area (Å²) < 4.78 is 0.872. The Morgan fingerprint density at radius 2 is 2.31 bits per heavy atom. The van der Waals surface area contributed by atoms with Crippen LogP contribution in [0.2, 0.25) is 0 Å². The average Bonchev–Trinajstić information content (AvgIpc) is 2.08. The van der Waals surface area contributed by atoms with Gasteiger partial charge in [-0.25, -0.2) is 0 Å². The van der Waals surface area contributed by atoms with Gasteiger partial charge in [0.25, 0.3) is 5.69 Å². The summed E-state index contributed by atoms with van der Waals surface area (Å²) in [5.74, 6) is 0. The summed E-state index contributed by atoms with van der Waals surface area (Å²) >= 11 is 2.05. The van der Waals surface area contributed by atoms with E-state index in [1.165, 1.54) is 0 Å². The second-order valence-corrected chi connectivity index (χ2v) is 3.77. The Hall–Kier alpha value is -0.910. The van der Waals surface area contributed by atoms with E-state index in [0.717, 1.165) is 3.57 Å². The molecule has 0 aromatic heterocycles. The Labute approximate surface area is 89.8 Å². The number of rotatable bonds is 3. The van der Waals surface area contributed by atoms with Gasteiger partial charge in [0.05, 0.1) is 4.92 Å². The van der Waals surface area contributed by atoms with Crippen molar-refractivity contribution in [3.8, 4) is 0 Å². The molecule has 1 aromatic carbocycles. The Bertz CT molecular complexity index is 349. The number of nitro groups is 1. The molecule has 0 aliphatic carbocycles. The number of benzene rings is 1. The fourth-order valence-corrected chi connectivity index (χ4v) is 1.51. The fourth-order valence-electron chi connectivity index (χ4n) is 1.04. The summed E-state index contributed by atoms with van der Waals surface area (Å²) in [6.45, 7) is 3.55. The molecular formula is C9H8INO2. The first-order chi connectivity index (χ1) is 6.15. The number of nitrogens with zero attached hydrogens (tertiary/aromatic N) is 1. The second-order valence-electron chi connectivity index (χ2n) is 2.52. The smallest absolute Gasteiger partial charge is 0.258 e. The lowest BCUT2D eigenvalue weighted by molar-refractivity contribution is -0.385. The minimum atomic E-state index is -0.360. The van der Waals surface area contributed by atoms with E-state index in [9.17, 15) is 10.1 Å². The van der Waals surface area contributed by atoms with Gasteiger partial charge in [0.1, 0.15) is 0 Å². The van der Waals surface area contributed by atoms with Crippen molar-refractivity contribution >= 4 is 28.3 Å². The van der Waals surface area contributed by atoms with E-state index in [4.69, 9.17) is 0 Å². The van der Waals surface area contributed by atoms with Gasteiger partial charge in [0.2, 0.25) is 0 Å². The maximum absolute atomic E-state index is 10.6. The monoisotopic (exact) mass is 289 g/mol. The number of hydrogen-bond acceptors (Lipinski definition) is 2. The molecule has 0 saturated carbocycles. The molecule has 0 spiro atoms. The van der Waals surface area contributed by atoms with Crippen LogP contribution in [0.3, 0.4) is 0 Å². The first kappa shape index (κ1) is 10.2. The average molecular weight is 289 g/mol. The van der Waals surface area contributed by atoms with Gasteiger partial charge >= 0.3 is 0 Å². The molecular weight excluding hydrogens is 281 g/mol. The van der Waals surface area contributed by atoms with E-state index < -0.39 is 0 Å². The molecule has 0 fully saturated rings. The predicted octanol–water partition coefficient (Wildman–Crippen LogP) is 2.93. The summed E-state index contributed by atoms with van der Waals surface area (Å²) in [5, 5.41) is 10.6. The first-order valence-electron chi connectivity index (χ1n) is 3.69. The standard InChI is InChI=1S/C9H8INO2/c1-2-3-7-4-5-8(10)6-9(7)11(12)13/h2,4-6H,1,3H2. The van der Waals surface area contributed by atoms with E-state index >= 15 is 0 Å². The summed E-state index contributed by atoms with van der Waals surface area (Å²) in [6, 6.07) is 5.19. The molecule has 0 bridgehead atoms. The third-order valence-electron chi connectivity index (χ3n) is 1.61. The molecule has 0 N–H and O–H groups in total. The van der Waals surface area contributed by atoms with Crippen LogP contribution in [0.15, 0.2) is 30.9 Å². The first-order valence-corrected chi connectivity index (χ1v) is 4.76. The van der Waals surface area contributed by atoms with Crippen LogP contribution >= 0.6 is 22.6 Å². The molecule has 0 saturated heterocycles. The van der Waals surface area contributed by atoms with Gasteiger partial charge in [-0.2, -0.15) is 0 Å². The predicted molar refractivity (Wildman–Crippen MR) is 59.7 cm³/mol. The molecule has 68 valence electrons. The van der Waals surface area contributed by atoms with Crippen molar-refractivity contribution in [2.75, 3.05) is 0 Å². The van der Waals surface area contributed by atoms with Crippen molar-refractivity contribution in [3.63, 3.8) is 0 Å². The zero-order valence-corrected chi connectivity index (χ0v) is 9.02. The van der Waals surface area contributed by atoms with Crippen molar-refractivity contribution in [1.29, 1.82) is 0 Å². The molecule has 1 rings (SSSR count). The summed E-state index contributed by atoms with van der Waals surface area (Å²) in [4.78, 5) is 10.3. The normalized spacial score (nSPS) is 9.62. The van der Waals surface area contributed by atoms with Crippen LogP contribution in [-0.2, 0) is 6.42 Å². The third kappa shape index (κ3) is 2.51. The van der Waals surface area contributed by atoms with E-state index in [0.29, 0.717) is 12.0 Å². The van der Waals surface area contributed by atoms with Crippen molar-refractivity contribution in [2.24, 2.45) is 0 Å². The van der Waals surface area contributed by atoms with Crippen LogP contribution in [0.5, 0.6) is 0 Å². The molecule has 0 aliphatic heterocycles. The van der Waals surface area contributed by atoms with Gasteiger partial charge in [-0.15, -0.1) is 6.58 Å². The van der Waals surface area contributed by atoms with Crippen LogP contribution in [0.1, 0.15) is 5.56 Å². The third-order valence-corrected chi connectivity index (χ3v) is 2.28. The molecule has 0 radical (unpaired) electrons. The Balaban J connectivity index is 3.17. The van der Waals surface area contributed by atoms with E-state index in [1.54, 1.807) is 18.2 Å². The molecule has 0 aliphatic rings. The SMILES string of the molecule is C=CCc1ccc(I)cc1[N+](=O)[O-]. The van der Waals surface area contributed by atoms with Crippen molar-refractivity contribution < 1.29 is 4.92 Å². The maximum Gasteiger partial charge on any atom is 0.273 e. The highest BCUT2D eigenvalue weighted by atomic mass is 127. The van der Waals surface area contributed by atoms with Gasteiger partial charge in [-0.05, 0) is 35.1 Å². The molecule has 1 aromatic rings. The molecule has 0 amide bonds. The van der Waals surface area contributed by atoms with Gasteiger partial charge < -0.3 is 0 Å². The molecule has 0 atom stereocenters. The van der Waals surface area contributed by atoms with Crippen LogP contribution in [0, 0.1) is 13.7 Å². The summed E-state index contributed by atoms with van der Waals surface area (Å²) in [7, 11) is 0. The zero-order chi connectivity index (χ0) is 9.84. The molecule has 0 heterocycles. The Kier molecular flexibility index (Phi) is 3.41. The zero-order valence-electron chi connectivity index (χ0n) is 6.87. The van der Waals surface area contributed by atoms with Crippen molar-refractivity contribution in [1.82, 2.24) is 0 Å². The Morgan fingerprint density at radius 3 is 2.85 bits per heavy atom. The summed E-state index contributed by atoms with van der Waals surface area (Å²) in [5.41, 5.74) is 0.882. The highest BCUT2D eigenvalue weighted by Gasteiger charge is 2.11. The Morgan fingerprint density at radius 1 is 1.62 bits per heavy atom. The van der Waals surface area contributed by atoms with Crippen molar-refractivity contribution in [3.05, 3.63) is 50.1 Å². The lowest BCUT2D eigenvalue weighted by Crippen LogP contribution is -1.94. The van der Waals surface area contributed by atoms with Gasteiger partial charge in [-0.3, -0.25) is 10.1 Å². The molecule has 13 heavy (non-hydrogen) atoms. The van der Waals surface area contributed by atoms with E-state index in [1.807, 2.05) is 6.07 Å². The largest absolute Gasteiger partial charge is 0.273 e. The highest BCUT2D eigenvalue weighted by Crippen LogP contribution is 2.21. The number of nitro benzene ring substituents is 1. The highest BCUT2D eigenvalue weighted by molar-refractivity contribution is 14.1. The summed E-state index contributed by atoms with van der Waals surface area (Å²) in [6.07, 6.45) is 2.20. The van der Waals surface area contributed by atoms with Crippen LogP contribution in [-0.4, -0.2) is 4.92 Å². The molecule has 0 unspecified atom stereocenters. The number of allylic oxidation sites excluding steroid dienone is 1. The van der Waals surface area contributed by atoms with Gasteiger partial charge in [0.15, 0.2) is 0 Å². The molecule has 3 nitrogen and oxygen atoms in total. The van der Waals surface area contributed by atoms with Crippen LogP contribution < -0.4 is 0 Å². The lowest BCUT2D eigenvalue weighted by atomic mass is 10.1. The van der Waals surface area contributed by atoms with E-state index in [2.05, 4.69) is 29.2 Å². The molecule has 4 heteroatoms. The second kappa shape index (κ2) is 4.36. The van der Waals surface area contributed by atoms with Gasteiger partial charge in [0, 0.05) is 15.2 Å². The quantitative estimate of drug-likeness (QED) is 0.371. The van der Waals surface area contributed by atoms with Gasteiger partial charge in [-0.1, -0.05) is 12.1 Å². The van der Waals surface area contributed by atoms with Crippen molar-refractivity contribution in [2.45, 2.75) is 6.42 Å². The lowest BCUT2D eigenvalue weighted by Gasteiger charge is -1.99. The number of hydrogen-bond donors (Lipinski definition) is 0.